The molecule has 7 aliphatic rings. The number of allylic oxidation sites excluding steroid dienone is 4. The van der Waals surface area contributed by atoms with Crippen LogP contribution in [0.3, 0.4) is 0 Å². The van der Waals surface area contributed by atoms with Crippen LogP contribution in [-0.4, -0.2) is 50.2 Å². The Morgan fingerprint density at radius 1 is 1.09 bits per heavy atom. The van der Waals surface area contributed by atoms with E-state index >= 15 is 0 Å². The molecule has 3 aliphatic heterocycles. The van der Waals surface area contributed by atoms with Gasteiger partial charge in [-0.05, 0) is 86.5 Å². The van der Waals surface area contributed by atoms with E-state index in [-0.39, 0.29) is 58.4 Å². The molecule has 0 radical (unpaired) electrons. The molecule has 0 aromatic heterocycles. The first kappa shape index (κ1) is 31.0. The molecule has 2 N–H and O–H groups in total. The van der Waals surface area contributed by atoms with Gasteiger partial charge in [0.25, 0.3) is 0 Å². The number of hydrogen-bond acceptors (Lipinski definition) is 7. The zero-order valence-electron chi connectivity index (χ0n) is 27.8. The Labute approximate surface area is 270 Å². The van der Waals surface area contributed by atoms with Gasteiger partial charge in [-0.25, -0.2) is 4.79 Å². The van der Waals surface area contributed by atoms with Crippen molar-refractivity contribution in [3.63, 3.8) is 0 Å². The third kappa shape index (κ3) is 3.85. The monoisotopic (exact) mass is 628 g/mol. The number of aliphatic carboxylic acids is 1. The van der Waals surface area contributed by atoms with Crippen LogP contribution in [0.15, 0.2) is 47.1 Å². The molecule has 8 nitrogen and oxygen atoms in total. The third-order valence-corrected chi connectivity index (χ3v) is 11.8. The van der Waals surface area contributed by atoms with Gasteiger partial charge in [0.05, 0.1) is 5.60 Å². The average molecular weight is 629 g/mol. The highest BCUT2D eigenvalue weighted by atomic mass is 16.6. The van der Waals surface area contributed by atoms with Crippen LogP contribution in [0.25, 0.3) is 0 Å². The van der Waals surface area contributed by atoms with Crippen LogP contribution in [-0.2, 0) is 20.7 Å². The Kier molecular flexibility index (Phi) is 6.53. The molecule has 6 bridgehead atoms. The van der Waals surface area contributed by atoms with E-state index in [9.17, 15) is 24.6 Å². The van der Waals surface area contributed by atoms with Crippen LogP contribution in [0, 0.1) is 17.8 Å². The highest BCUT2D eigenvalue weighted by Gasteiger charge is 2.81. The Morgan fingerprint density at radius 3 is 2.46 bits per heavy atom. The molecular weight excluding hydrogens is 584 g/mol. The first-order valence-electron chi connectivity index (χ1n) is 16.5. The molecule has 8 rings (SSSR count). The van der Waals surface area contributed by atoms with E-state index < -0.39 is 34.3 Å². The van der Waals surface area contributed by atoms with Gasteiger partial charge in [0.15, 0.2) is 22.8 Å². The molecule has 1 unspecified atom stereocenters. The molecule has 244 valence electrons. The number of ketones is 2. The molecule has 0 amide bonds. The van der Waals surface area contributed by atoms with Gasteiger partial charge >= 0.3 is 5.97 Å². The van der Waals surface area contributed by atoms with E-state index in [0.717, 1.165) is 24.0 Å². The molecule has 1 aromatic carbocycles. The standard InChI is InChI=1S/C38H44O8/c1-18(2)9-10-23-31-27(24-17-36(8,44-31)13-12-22(24)19(3)4)30(40)28-29(39)25-15-21-16-26-35(6,7)46-37(33(21)41,14-11-20(5)34(42)43)38(25,26)45-32(23)28/h9,11,15,21-22,24,26,40H,3,10,12-14,16-17H2,1-2,4-8H3,(H,42,43)/t21-,22?,24+,26+,36+,37+,38-/m1/s1. The summed E-state index contributed by atoms with van der Waals surface area (Å²) in [5, 5.41) is 21.8. The number of ether oxygens (including phenoxy) is 3. The molecular formula is C38H44O8. The minimum atomic E-state index is -1.62. The van der Waals surface area contributed by atoms with Crippen molar-refractivity contribution in [1.29, 1.82) is 0 Å². The van der Waals surface area contributed by atoms with Crippen molar-refractivity contribution in [1.82, 2.24) is 0 Å². The Morgan fingerprint density at radius 2 is 1.80 bits per heavy atom. The highest BCUT2D eigenvalue weighted by molar-refractivity contribution is 6.18. The van der Waals surface area contributed by atoms with Gasteiger partial charge < -0.3 is 24.4 Å². The molecule has 1 saturated heterocycles. The molecule has 7 atom stereocenters. The summed E-state index contributed by atoms with van der Waals surface area (Å²) < 4.78 is 20.8. The number of fused-ring (bicyclic) bond motifs is 5. The van der Waals surface area contributed by atoms with Gasteiger partial charge in [-0.1, -0.05) is 36.0 Å². The molecule has 3 heterocycles. The number of rotatable bonds is 6. The van der Waals surface area contributed by atoms with E-state index in [2.05, 4.69) is 19.6 Å². The van der Waals surface area contributed by atoms with Crippen LogP contribution >= 0.6 is 0 Å². The van der Waals surface area contributed by atoms with Gasteiger partial charge in [-0.2, -0.15) is 0 Å². The van der Waals surface area contributed by atoms with Crippen LogP contribution in [0.4, 0.5) is 0 Å². The fourth-order valence-corrected chi connectivity index (χ4v) is 9.66. The zero-order chi connectivity index (χ0) is 33.3. The van der Waals surface area contributed by atoms with E-state index in [1.807, 2.05) is 34.6 Å². The lowest BCUT2D eigenvalue weighted by Crippen LogP contribution is -2.72. The van der Waals surface area contributed by atoms with Crippen LogP contribution in [0.2, 0.25) is 0 Å². The second-order valence-corrected chi connectivity index (χ2v) is 15.5. The van der Waals surface area contributed by atoms with Crippen molar-refractivity contribution in [2.24, 2.45) is 17.8 Å². The summed E-state index contributed by atoms with van der Waals surface area (Å²) in [7, 11) is 0. The van der Waals surface area contributed by atoms with Gasteiger partial charge in [0.2, 0.25) is 0 Å². The summed E-state index contributed by atoms with van der Waals surface area (Å²) in [6.07, 6.45) is 8.47. The van der Waals surface area contributed by atoms with Crippen molar-refractivity contribution in [2.45, 2.75) is 115 Å². The lowest BCUT2D eigenvalue weighted by molar-refractivity contribution is -0.171. The van der Waals surface area contributed by atoms with E-state index in [1.165, 1.54) is 13.0 Å². The smallest absolute Gasteiger partial charge is 0.330 e. The van der Waals surface area contributed by atoms with E-state index in [4.69, 9.17) is 14.2 Å². The lowest BCUT2D eigenvalue weighted by atomic mass is 9.51. The second kappa shape index (κ2) is 9.69. The Hall–Kier alpha value is -3.65. The number of Topliss-reactive ketones (excluding diaryl/α,β-unsaturated/α-hetero) is 2. The maximum Gasteiger partial charge on any atom is 0.330 e. The average Bonchev–Trinajstić information content (AvgIpc) is 3.11. The quantitative estimate of drug-likeness (QED) is 0.257. The first-order valence-corrected chi connectivity index (χ1v) is 16.5. The first-order chi connectivity index (χ1) is 21.5. The number of aromatic hydroxyl groups is 1. The summed E-state index contributed by atoms with van der Waals surface area (Å²) in [5.41, 5.74) is -0.519. The van der Waals surface area contributed by atoms with Crippen LogP contribution < -0.4 is 9.47 Å². The van der Waals surface area contributed by atoms with E-state index in [1.54, 1.807) is 6.08 Å². The summed E-state index contributed by atoms with van der Waals surface area (Å²) in [4.78, 5) is 41.1. The summed E-state index contributed by atoms with van der Waals surface area (Å²) in [5.74, 6) is -1.93. The van der Waals surface area contributed by atoms with Crippen molar-refractivity contribution in [3.05, 3.63) is 63.8 Å². The van der Waals surface area contributed by atoms with Crippen molar-refractivity contribution in [3.8, 4) is 17.2 Å². The lowest BCUT2D eigenvalue weighted by Gasteiger charge is -2.56. The number of carboxylic acids is 1. The fourth-order valence-electron chi connectivity index (χ4n) is 9.66. The van der Waals surface area contributed by atoms with Gasteiger partial charge in [-0.3, -0.25) is 9.59 Å². The molecule has 4 aliphatic carbocycles. The summed E-state index contributed by atoms with van der Waals surface area (Å²) in [6.45, 7) is 17.7. The van der Waals surface area contributed by atoms with E-state index in [0.29, 0.717) is 41.7 Å². The van der Waals surface area contributed by atoms with Gasteiger partial charge in [0, 0.05) is 46.4 Å². The van der Waals surface area contributed by atoms with Crippen molar-refractivity contribution >= 4 is 17.5 Å². The molecule has 1 spiro atoms. The number of carbonyl (C=O) groups excluding carboxylic acids is 2. The maximum absolute atomic E-state index is 15.0. The molecule has 8 heteroatoms. The maximum atomic E-state index is 15.0. The Bertz CT molecular complexity index is 1740. The molecule has 1 aromatic rings. The largest absolute Gasteiger partial charge is 0.507 e. The zero-order valence-corrected chi connectivity index (χ0v) is 27.8. The predicted octanol–water partition coefficient (Wildman–Crippen LogP) is 6.94. The summed E-state index contributed by atoms with van der Waals surface area (Å²) in [6, 6.07) is 0. The minimum Gasteiger partial charge on any atom is -0.507 e. The highest BCUT2D eigenvalue weighted by Crippen LogP contribution is 2.69. The topological polar surface area (TPSA) is 119 Å². The van der Waals surface area contributed by atoms with Gasteiger partial charge in [-0.15, -0.1) is 0 Å². The van der Waals surface area contributed by atoms with Crippen LogP contribution in [0.5, 0.6) is 17.2 Å². The Balaban J connectivity index is 1.52. The van der Waals surface area contributed by atoms with Crippen molar-refractivity contribution < 1.29 is 38.8 Å². The predicted molar refractivity (Wildman–Crippen MR) is 171 cm³/mol. The SMILES string of the molecule is C=C(C)C1CC[C@@]2(C)C[C@@H]1c1c(O)c3c(c(CC=C(C)C)c1O2)O[C@]12C(=C[C@@H]4C[C@H]1C(C)(C)O[C@@]2(CC=C(C)C(=O)O)C4=O)C3=O. The number of carbonyl (C=O) groups is 3. The summed E-state index contributed by atoms with van der Waals surface area (Å²) >= 11 is 0. The fraction of sp³-hybridized carbons (Fsp3) is 0.553. The number of benzene rings is 1. The van der Waals surface area contributed by atoms with Crippen LogP contribution in [0.1, 0.15) is 108 Å². The number of hydrogen-bond donors (Lipinski definition) is 2. The third-order valence-electron chi connectivity index (χ3n) is 11.8. The number of carboxylic acid groups (broad SMARTS) is 1. The minimum absolute atomic E-state index is 0.0580. The molecule has 46 heavy (non-hydrogen) atoms. The molecule has 3 fully saturated rings. The van der Waals surface area contributed by atoms with Crippen molar-refractivity contribution in [2.75, 3.05) is 0 Å². The molecule has 2 saturated carbocycles. The van der Waals surface area contributed by atoms with Gasteiger partial charge in [0.1, 0.15) is 28.4 Å². The number of phenolic OH excluding ortho intramolecular Hbond substituents is 1. The normalized spacial score (nSPS) is 36.1. The second-order valence-electron chi connectivity index (χ2n) is 15.5. The number of phenols is 1.